The van der Waals surface area contributed by atoms with Crippen LogP contribution in [0.25, 0.3) is 0 Å². The van der Waals surface area contributed by atoms with Gasteiger partial charge in [0.25, 0.3) is 0 Å². The van der Waals surface area contributed by atoms with E-state index in [0.717, 1.165) is 18.7 Å². The molecule has 1 heterocycles. The standard InChI is InChI=1S/C14H18ClN3O3/c1-4-16-7-10-5-11(15)14(13(6-10)19-3)20-8-12-9(2)17-21-18-12/h5-6,16H,4,7-8H2,1-3H3. The van der Waals surface area contributed by atoms with E-state index in [0.29, 0.717) is 27.9 Å². The van der Waals surface area contributed by atoms with E-state index in [4.69, 9.17) is 21.1 Å². The van der Waals surface area contributed by atoms with Crippen molar-refractivity contribution in [1.29, 1.82) is 0 Å². The van der Waals surface area contributed by atoms with Gasteiger partial charge in [-0.2, -0.15) is 0 Å². The highest BCUT2D eigenvalue weighted by Crippen LogP contribution is 2.37. The Morgan fingerprint density at radius 1 is 1.33 bits per heavy atom. The Labute approximate surface area is 128 Å². The second kappa shape index (κ2) is 7.28. The summed E-state index contributed by atoms with van der Waals surface area (Å²) in [6.45, 7) is 5.67. The molecule has 0 unspecified atom stereocenters. The third-order valence-corrected chi connectivity index (χ3v) is 3.25. The molecule has 0 spiro atoms. The number of aryl methyl sites for hydroxylation is 1. The lowest BCUT2D eigenvalue weighted by atomic mass is 10.2. The van der Waals surface area contributed by atoms with Crippen LogP contribution < -0.4 is 14.8 Å². The summed E-state index contributed by atoms with van der Waals surface area (Å²) in [5, 5.41) is 11.2. The monoisotopic (exact) mass is 311 g/mol. The molecular weight excluding hydrogens is 294 g/mol. The average Bonchev–Trinajstić information content (AvgIpc) is 2.88. The van der Waals surface area contributed by atoms with Gasteiger partial charge in [0.1, 0.15) is 18.0 Å². The van der Waals surface area contributed by atoms with Crippen molar-refractivity contribution in [2.45, 2.75) is 27.0 Å². The van der Waals surface area contributed by atoms with Crippen LogP contribution in [0, 0.1) is 6.92 Å². The van der Waals surface area contributed by atoms with Gasteiger partial charge in [-0.25, -0.2) is 4.63 Å². The third kappa shape index (κ3) is 3.86. The Morgan fingerprint density at radius 2 is 2.14 bits per heavy atom. The van der Waals surface area contributed by atoms with E-state index >= 15 is 0 Å². The molecule has 0 fully saturated rings. The molecule has 0 atom stereocenters. The van der Waals surface area contributed by atoms with Crippen LogP contribution in [-0.2, 0) is 13.2 Å². The Morgan fingerprint density at radius 3 is 2.76 bits per heavy atom. The van der Waals surface area contributed by atoms with Crippen molar-refractivity contribution in [3.05, 3.63) is 34.1 Å². The molecule has 1 N–H and O–H groups in total. The SMILES string of the molecule is CCNCc1cc(Cl)c(OCc2nonc2C)c(OC)c1. The molecule has 0 radical (unpaired) electrons. The molecular formula is C14H18ClN3O3. The minimum absolute atomic E-state index is 0.220. The van der Waals surface area contributed by atoms with E-state index in [9.17, 15) is 0 Å². The summed E-state index contributed by atoms with van der Waals surface area (Å²) >= 11 is 6.28. The maximum absolute atomic E-state index is 6.28. The molecule has 0 amide bonds. The second-order valence-electron chi connectivity index (χ2n) is 4.47. The molecule has 2 aromatic rings. The van der Waals surface area contributed by atoms with Crippen molar-refractivity contribution in [1.82, 2.24) is 15.6 Å². The van der Waals surface area contributed by atoms with Crippen molar-refractivity contribution >= 4 is 11.6 Å². The highest BCUT2D eigenvalue weighted by atomic mass is 35.5. The van der Waals surface area contributed by atoms with E-state index < -0.39 is 0 Å². The van der Waals surface area contributed by atoms with Gasteiger partial charge in [-0.1, -0.05) is 28.8 Å². The van der Waals surface area contributed by atoms with Crippen LogP contribution in [0.5, 0.6) is 11.5 Å². The molecule has 0 saturated carbocycles. The Bertz CT molecular complexity index is 601. The molecule has 0 saturated heterocycles. The van der Waals surface area contributed by atoms with Gasteiger partial charge in [-0.15, -0.1) is 0 Å². The zero-order chi connectivity index (χ0) is 15.2. The third-order valence-electron chi connectivity index (χ3n) is 2.97. The molecule has 0 bridgehead atoms. The minimum Gasteiger partial charge on any atom is -0.493 e. The average molecular weight is 312 g/mol. The molecule has 0 aliphatic heterocycles. The lowest BCUT2D eigenvalue weighted by Gasteiger charge is -2.13. The first kappa shape index (κ1) is 15.6. The summed E-state index contributed by atoms with van der Waals surface area (Å²) < 4.78 is 15.7. The number of benzene rings is 1. The highest BCUT2D eigenvalue weighted by molar-refractivity contribution is 6.32. The number of ether oxygens (including phenoxy) is 2. The fourth-order valence-electron chi connectivity index (χ4n) is 1.81. The van der Waals surface area contributed by atoms with Gasteiger partial charge >= 0.3 is 0 Å². The number of halogens is 1. The number of nitrogens with zero attached hydrogens (tertiary/aromatic N) is 2. The summed E-state index contributed by atoms with van der Waals surface area (Å²) in [5.41, 5.74) is 2.35. The van der Waals surface area contributed by atoms with E-state index in [-0.39, 0.29) is 6.61 Å². The minimum atomic E-state index is 0.220. The summed E-state index contributed by atoms with van der Waals surface area (Å²) in [4.78, 5) is 0. The van der Waals surface area contributed by atoms with Crippen molar-refractivity contribution in [2.24, 2.45) is 0 Å². The summed E-state index contributed by atoms with van der Waals surface area (Å²) in [5.74, 6) is 1.08. The largest absolute Gasteiger partial charge is 0.493 e. The lowest BCUT2D eigenvalue weighted by Crippen LogP contribution is -2.12. The van der Waals surface area contributed by atoms with Crippen LogP contribution in [-0.4, -0.2) is 24.0 Å². The smallest absolute Gasteiger partial charge is 0.180 e. The van der Waals surface area contributed by atoms with E-state index in [1.165, 1.54) is 0 Å². The van der Waals surface area contributed by atoms with Gasteiger partial charge in [0.2, 0.25) is 0 Å². The zero-order valence-electron chi connectivity index (χ0n) is 12.3. The summed E-state index contributed by atoms with van der Waals surface area (Å²) in [6.07, 6.45) is 0. The Hall–Kier alpha value is -1.79. The molecule has 2 rings (SSSR count). The molecule has 0 aliphatic rings. The molecule has 6 nitrogen and oxygen atoms in total. The number of hydrogen-bond donors (Lipinski definition) is 1. The topological polar surface area (TPSA) is 69.4 Å². The van der Waals surface area contributed by atoms with Crippen LogP contribution in [0.4, 0.5) is 0 Å². The second-order valence-corrected chi connectivity index (χ2v) is 4.88. The fourth-order valence-corrected chi connectivity index (χ4v) is 2.09. The van der Waals surface area contributed by atoms with Crippen LogP contribution in [0.15, 0.2) is 16.8 Å². The lowest BCUT2D eigenvalue weighted by molar-refractivity contribution is 0.260. The fraction of sp³-hybridized carbons (Fsp3) is 0.429. The van der Waals surface area contributed by atoms with Crippen molar-refractivity contribution < 1.29 is 14.1 Å². The van der Waals surface area contributed by atoms with Gasteiger partial charge in [-0.05, 0) is 31.2 Å². The zero-order valence-corrected chi connectivity index (χ0v) is 13.0. The van der Waals surface area contributed by atoms with Gasteiger partial charge in [0.05, 0.1) is 12.1 Å². The van der Waals surface area contributed by atoms with Crippen LogP contribution in [0.2, 0.25) is 5.02 Å². The number of hydrogen-bond acceptors (Lipinski definition) is 6. The predicted octanol–water partition coefficient (Wildman–Crippen LogP) is 2.73. The molecule has 1 aromatic carbocycles. The molecule has 7 heteroatoms. The van der Waals surface area contributed by atoms with E-state index in [1.54, 1.807) is 14.0 Å². The van der Waals surface area contributed by atoms with Gasteiger partial charge in [-0.3, -0.25) is 0 Å². The molecule has 21 heavy (non-hydrogen) atoms. The van der Waals surface area contributed by atoms with Crippen molar-refractivity contribution in [3.63, 3.8) is 0 Å². The van der Waals surface area contributed by atoms with Gasteiger partial charge in [0.15, 0.2) is 11.5 Å². The van der Waals surface area contributed by atoms with Crippen molar-refractivity contribution in [2.75, 3.05) is 13.7 Å². The van der Waals surface area contributed by atoms with Crippen LogP contribution in [0.3, 0.4) is 0 Å². The van der Waals surface area contributed by atoms with E-state index in [2.05, 4.69) is 20.3 Å². The molecule has 1 aromatic heterocycles. The molecule has 0 aliphatic carbocycles. The number of methoxy groups -OCH3 is 1. The van der Waals surface area contributed by atoms with Gasteiger partial charge in [0, 0.05) is 6.54 Å². The Kier molecular flexibility index (Phi) is 5.41. The van der Waals surface area contributed by atoms with Gasteiger partial charge < -0.3 is 14.8 Å². The van der Waals surface area contributed by atoms with Crippen LogP contribution in [0.1, 0.15) is 23.9 Å². The highest BCUT2D eigenvalue weighted by Gasteiger charge is 2.14. The first-order valence-corrected chi connectivity index (χ1v) is 7.01. The Balaban J connectivity index is 2.16. The maximum Gasteiger partial charge on any atom is 0.180 e. The normalized spacial score (nSPS) is 10.7. The van der Waals surface area contributed by atoms with E-state index in [1.807, 2.05) is 19.1 Å². The number of nitrogens with one attached hydrogen (secondary N) is 1. The first-order valence-electron chi connectivity index (χ1n) is 6.63. The van der Waals surface area contributed by atoms with Crippen LogP contribution >= 0.6 is 11.6 Å². The summed E-state index contributed by atoms with van der Waals surface area (Å²) in [6, 6.07) is 3.76. The maximum atomic E-state index is 6.28. The number of rotatable bonds is 7. The van der Waals surface area contributed by atoms with Crippen molar-refractivity contribution in [3.8, 4) is 11.5 Å². The molecule has 114 valence electrons. The summed E-state index contributed by atoms with van der Waals surface area (Å²) in [7, 11) is 1.58. The quantitative estimate of drug-likeness (QED) is 0.848. The predicted molar refractivity (Wildman–Crippen MR) is 78.8 cm³/mol. The number of aromatic nitrogens is 2. The first-order chi connectivity index (χ1) is 10.2.